The van der Waals surface area contributed by atoms with Crippen LogP contribution in [0.1, 0.15) is 37.9 Å². The predicted molar refractivity (Wildman–Crippen MR) is 148 cm³/mol. The van der Waals surface area contributed by atoms with E-state index in [9.17, 15) is 0 Å². The second kappa shape index (κ2) is 9.97. The monoisotopic (exact) mass is 557 g/mol. The van der Waals surface area contributed by atoms with Gasteiger partial charge in [0.05, 0.1) is 15.6 Å². The molecule has 0 bridgehead atoms. The van der Waals surface area contributed by atoms with Gasteiger partial charge in [0.1, 0.15) is 17.5 Å². The maximum atomic E-state index is 15.3. The van der Waals surface area contributed by atoms with Gasteiger partial charge in [0.15, 0.2) is 11.6 Å². The lowest BCUT2D eigenvalue weighted by molar-refractivity contribution is 0.227. The first kappa shape index (κ1) is 24.8. The van der Waals surface area contributed by atoms with Crippen molar-refractivity contribution in [3.8, 4) is 17.0 Å². The molecule has 0 aliphatic carbocycles. The van der Waals surface area contributed by atoms with Crippen LogP contribution >= 0.6 is 35.0 Å². The average Bonchev–Trinajstić information content (AvgIpc) is 3.52. The highest BCUT2D eigenvalue weighted by atomic mass is 35.5. The van der Waals surface area contributed by atoms with Crippen LogP contribution in [0.4, 0.5) is 10.2 Å². The molecule has 0 radical (unpaired) electrons. The lowest BCUT2D eigenvalue weighted by atomic mass is 9.78. The van der Waals surface area contributed by atoms with Gasteiger partial charge in [-0.3, -0.25) is 10.1 Å². The number of hydrogen-bond donors (Lipinski definition) is 1. The summed E-state index contributed by atoms with van der Waals surface area (Å²) in [6.45, 7) is 3.57. The van der Waals surface area contributed by atoms with Gasteiger partial charge in [0, 0.05) is 48.2 Å². The van der Waals surface area contributed by atoms with Crippen LogP contribution in [-0.2, 0) is 0 Å². The second-order valence-corrected chi connectivity index (χ2v) is 11.8. The standard InChI is InChI=1S/C27H26Cl2FN5OS/c1-16(24-20(28)13-31-14-21(24)29)36-18-2-3-23-19(11-18)25(34-33-23)17-10-22(30)26(32-12-17)35-7-4-27(5-8-35)6-9-37-15-27/h2-3,10-14,16H,4-9,15H2,1H3,(H,33,34)/t16-/m1/s1. The van der Waals surface area contributed by atoms with Gasteiger partial charge in [-0.05, 0) is 67.4 Å². The summed E-state index contributed by atoms with van der Waals surface area (Å²) >= 11 is 14.6. The Balaban J connectivity index is 1.24. The molecule has 2 saturated heterocycles. The molecule has 0 amide bonds. The van der Waals surface area contributed by atoms with Gasteiger partial charge >= 0.3 is 0 Å². The van der Waals surface area contributed by atoms with E-state index in [0.717, 1.165) is 36.8 Å². The van der Waals surface area contributed by atoms with Crippen molar-refractivity contribution in [3.63, 3.8) is 0 Å². The van der Waals surface area contributed by atoms with E-state index in [-0.39, 0.29) is 5.82 Å². The van der Waals surface area contributed by atoms with E-state index in [2.05, 4.69) is 25.1 Å². The predicted octanol–water partition coefficient (Wildman–Crippen LogP) is 7.33. The van der Waals surface area contributed by atoms with Crippen molar-refractivity contribution in [2.45, 2.75) is 32.3 Å². The molecule has 6 nitrogen and oxygen atoms in total. The van der Waals surface area contributed by atoms with Crippen LogP contribution in [0.15, 0.2) is 42.9 Å². The largest absolute Gasteiger partial charge is 0.486 e. The van der Waals surface area contributed by atoms with Crippen LogP contribution in [0, 0.1) is 11.2 Å². The minimum absolute atomic E-state index is 0.326. The average molecular weight is 559 g/mol. The van der Waals surface area contributed by atoms with Crippen molar-refractivity contribution >= 4 is 51.7 Å². The number of H-pyrrole nitrogens is 1. The number of hydrogen-bond acceptors (Lipinski definition) is 6. The molecule has 3 aromatic heterocycles. The molecule has 2 aliphatic rings. The van der Waals surface area contributed by atoms with Gasteiger partial charge in [-0.25, -0.2) is 9.37 Å². The van der Waals surface area contributed by atoms with Gasteiger partial charge in [-0.15, -0.1) is 0 Å². The first-order valence-electron chi connectivity index (χ1n) is 12.3. The second-order valence-electron chi connectivity index (χ2n) is 9.88. The number of halogens is 3. The van der Waals surface area contributed by atoms with E-state index in [4.69, 9.17) is 27.9 Å². The summed E-state index contributed by atoms with van der Waals surface area (Å²) in [5, 5.41) is 9.17. The Hall–Kier alpha value is -2.55. The SMILES string of the molecule is C[C@@H](Oc1ccc2[nH]nc(-c3cnc(N4CCC5(CCSC5)CC4)c(F)c3)c2c1)c1c(Cl)cncc1Cl. The molecule has 1 aromatic carbocycles. The van der Waals surface area contributed by atoms with Crippen LogP contribution < -0.4 is 9.64 Å². The lowest BCUT2D eigenvalue weighted by Gasteiger charge is -2.39. The number of fused-ring (bicyclic) bond motifs is 1. The summed E-state index contributed by atoms with van der Waals surface area (Å²) < 4.78 is 21.5. The Morgan fingerprint density at radius 3 is 2.59 bits per heavy atom. The first-order chi connectivity index (χ1) is 17.9. The third-order valence-electron chi connectivity index (χ3n) is 7.55. The number of pyridine rings is 2. The van der Waals surface area contributed by atoms with Gasteiger partial charge in [-0.1, -0.05) is 23.2 Å². The van der Waals surface area contributed by atoms with Crippen molar-refractivity contribution in [1.29, 1.82) is 0 Å². The number of piperidine rings is 1. The fourth-order valence-corrected chi connectivity index (χ4v) is 7.65. The zero-order valence-electron chi connectivity index (χ0n) is 20.3. The molecule has 192 valence electrons. The molecular weight excluding hydrogens is 532 g/mol. The molecular formula is C27H26Cl2FN5OS. The van der Waals surface area contributed by atoms with Crippen molar-refractivity contribution in [3.05, 3.63) is 64.3 Å². The van der Waals surface area contributed by atoms with Gasteiger partial charge in [0.25, 0.3) is 0 Å². The van der Waals surface area contributed by atoms with Crippen molar-refractivity contribution < 1.29 is 9.13 Å². The zero-order valence-corrected chi connectivity index (χ0v) is 22.6. The Morgan fingerprint density at radius 2 is 1.89 bits per heavy atom. The smallest absolute Gasteiger partial charge is 0.166 e. The number of benzene rings is 1. The van der Waals surface area contributed by atoms with Crippen molar-refractivity contribution in [2.75, 3.05) is 29.5 Å². The van der Waals surface area contributed by atoms with Crippen LogP contribution in [0.3, 0.4) is 0 Å². The lowest BCUT2D eigenvalue weighted by Crippen LogP contribution is -2.41. The summed E-state index contributed by atoms with van der Waals surface area (Å²) in [7, 11) is 0. The summed E-state index contributed by atoms with van der Waals surface area (Å²) in [5.41, 5.74) is 3.15. The van der Waals surface area contributed by atoms with Crippen molar-refractivity contribution in [1.82, 2.24) is 20.2 Å². The first-order valence-corrected chi connectivity index (χ1v) is 14.3. The van der Waals surface area contributed by atoms with E-state index >= 15 is 4.39 Å². The Kier molecular flexibility index (Phi) is 6.67. The number of ether oxygens (including phenoxy) is 1. The highest BCUT2D eigenvalue weighted by molar-refractivity contribution is 7.99. The molecule has 0 saturated carbocycles. The van der Waals surface area contributed by atoms with Crippen molar-refractivity contribution in [2.24, 2.45) is 5.41 Å². The van der Waals surface area contributed by atoms with Crippen LogP contribution in [0.5, 0.6) is 5.75 Å². The number of aromatic nitrogens is 4. The molecule has 37 heavy (non-hydrogen) atoms. The minimum Gasteiger partial charge on any atom is -0.486 e. The molecule has 2 aliphatic heterocycles. The van der Waals surface area contributed by atoms with Gasteiger partial charge in [0.2, 0.25) is 0 Å². The molecule has 2 fully saturated rings. The third-order valence-corrected chi connectivity index (χ3v) is 9.46. The molecule has 10 heteroatoms. The van der Waals surface area contributed by atoms with E-state index in [1.807, 2.05) is 36.9 Å². The van der Waals surface area contributed by atoms with E-state index < -0.39 is 6.10 Å². The summed E-state index contributed by atoms with van der Waals surface area (Å²) in [6.07, 6.45) is 7.87. The number of nitrogens with zero attached hydrogens (tertiary/aromatic N) is 4. The fourth-order valence-electron chi connectivity index (χ4n) is 5.39. The summed E-state index contributed by atoms with van der Waals surface area (Å²) in [6, 6.07) is 7.13. The third kappa shape index (κ3) is 4.75. The van der Waals surface area contributed by atoms with Crippen LogP contribution in [0.2, 0.25) is 10.0 Å². The number of aromatic amines is 1. The highest BCUT2D eigenvalue weighted by Crippen LogP contribution is 2.45. The zero-order chi connectivity index (χ0) is 25.6. The summed E-state index contributed by atoms with van der Waals surface area (Å²) in [5.74, 6) is 3.19. The van der Waals surface area contributed by atoms with Crippen LogP contribution in [-0.4, -0.2) is 44.8 Å². The van der Waals surface area contributed by atoms with Crippen LogP contribution in [0.25, 0.3) is 22.2 Å². The quantitative estimate of drug-likeness (QED) is 0.277. The number of rotatable bonds is 5. The highest BCUT2D eigenvalue weighted by Gasteiger charge is 2.38. The van der Waals surface area contributed by atoms with Gasteiger partial charge < -0.3 is 9.64 Å². The molecule has 5 heterocycles. The molecule has 1 atom stereocenters. The molecule has 1 spiro atoms. The van der Waals surface area contributed by atoms with Gasteiger partial charge in [-0.2, -0.15) is 16.9 Å². The minimum atomic E-state index is -0.402. The normalized spacial score (nSPS) is 18.0. The molecule has 6 rings (SSSR count). The maximum absolute atomic E-state index is 15.3. The number of anilines is 1. The number of thioether (sulfide) groups is 1. The summed E-state index contributed by atoms with van der Waals surface area (Å²) in [4.78, 5) is 10.6. The topological polar surface area (TPSA) is 66.9 Å². The Morgan fingerprint density at radius 1 is 1.11 bits per heavy atom. The Labute approximate surface area is 228 Å². The fraction of sp³-hybridized carbons (Fsp3) is 0.370. The molecule has 0 unspecified atom stereocenters. The Bertz CT molecular complexity index is 1430. The van der Waals surface area contributed by atoms with E-state index in [0.29, 0.717) is 43.8 Å². The molecule has 4 aromatic rings. The number of nitrogens with one attached hydrogen (secondary N) is 1. The molecule has 1 N–H and O–H groups in total. The van der Waals surface area contributed by atoms with E-state index in [1.165, 1.54) is 24.0 Å². The van der Waals surface area contributed by atoms with E-state index in [1.54, 1.807) is 18.6 Å². The maximum Gasteiger partial charge on any atom is 0.166 e.